The zero-order chi connectivity index (χ0) is 14.6. The Labute approximate surface area is 117 Å². The van der Waals surface area contributed by atoms with Crippen molar-refractivity contribution >= 4 is 5.97 Å². The van der Waals surface area contributed by atoms with Crippen LogP contribution in [0, 0.1) is 0 Å². The first-order valence-corrected chi connectivity index (χ1v) is 7.05. The van der Waals surface area contributed by atoms with Gasteiger partial charge in [0.25, 0.3) is 0 Å². The third-order valence-corrected chi connectivity index (χ3v) is 4.15. The van der Waals surface area contributed by atoms with Crippen molar-refractivity contribution in [3.8, 4) is 0 Å². The van der Waals surface area contributed by atoms with E-state index in [-0.39, 0.29) is 12.0 Å². The maximum atomic E-state index is 11.7. The summed E-state index contributed by atoms with van der Waals surface area (Å²) in [4.78, 5) is 16.4. The molecule has 0 spiro atoms. The van der Waals surface area contributed by atoms with E-state index in [9.17, 15) is 4.79 Å². The van der Waals surface area contributed by atoms with E-state index in [1.807, 2.05) is 0 Å². The maximum Gasteiger partial charge on any atom is 0.325 e. The van der Waals surface area contributed by atoms with Crippen LogP contribution >= 0.6 is 0 Å². The zero-order valence-corrected chi connectivity index (χ0v) is 13.0. The Hall–Kier alpha value is -0.650. The number of ether oxygens (including phenoxy) is 1. The highest BCUT2D eigenvalue weighted by molar-refractivity contribution is 5.79. The lowest BCUT2D eigenvalue weighted by atomic mass is 9.92. The van der Waals surface area contributed by atoms with Crippen LogP contribution in [0.5, 0.6) is 0 Å². The van der Waals surface area contributed by atoms with Crippen molar-refractivity contribution in [2.75, 3.05) is 34.3 Å². The van der Waals surface area contributed by atoms with Crippen molar-refractivity contribution in [2.45, 2.75) is 50.7 Å². The molecule has 1 aliphatic heterocycles. The van der Waals surface area contributed by atoms with Gasteiger partial charge < -0.3 is 15.4 Å². The largest absolute Gasteiger partial charge is 0.468 e. The summed E-state index contributed by atoms with van der Waals surface area (Å²) in [5, 5.41) is 0. The first-order chi connectivity index (χ1) is 8.77. The van der Waals surface area contributed by atoms with Crippen molar-refractivity contribution in [1.82, 2.24) is 9.80 Å². The first kappa shape index (κ1) is 16.4. The van der Waals surface area contributed by atoms with Crippen LogP contribution in [0.1, 0.15) is 33.1 Å². The van der Waals surface area contributed by atoms with E-state index < -0.39 is 5.54 Å². The van der Waals surface area contributed by atoms with Crippen LogP contribution in [0.3, 0.4) is 0 Å². The van der Waals surface area contributed by atoms with Gasteiger partial charge in [-0.05, 0) is 53.8 Å². The highest BCUT2D eigenvalue weighted by Gasteiger charge is 2.34. The van der Waals surface area contributed by atoms with E-state index in [4.69, 9.17) is 10.5 Å². The van der Waals surface area contributed by atoms with Gasteiger partial charge in [0, 0.05) is 18.6 Å². The molecule has 1 saturated heterocycles. The number of nitrogens with two attached hydrogens (primary N) is 1. The molecule has 1 fully saturated rings. The van der Waals surface area contributed by atoms with Gasteiger partial charge in [-0.2, -0.15) is 0 Å². The molecule has 2 N–H and O–H groups in total. The van der Waals surface area contributed by atoms with Crippen molar-refractivity contribution in [3.05, 3.63) is 0 Å². The van der Waals surface area contributed by atoms with Crippen LogP contribution in [0.2, 0.25) is 0 Å². The summed E-state index contributed by atoms with van der Waals surface area (Å²) in [6.45, 7) is 6.03. The molecule has 112 valence electrons. The van der Waals surface area contributed by atoms with E-state index >= 15 is 0 Å². The predicted octanol–water partition coefficient (Wildman–Crippen LogP) is 0.681. The fourth-order valence-electron chi connectivity index (χ4n) is 2.86. The first-order valence-electron chi connectivity index (χ1n) is 7.05. The van der Waals surface area contributed by atoms with Gasteiger partial charge in [0.15, 0.2) is 0 Å². The van der Waals surface area contributed by atoms with E-state index in [1.165, 1.54) is 20.0 Å². The van der Waals surface area contributed by atoms with Gasteiger partial charge in [-0.3, -0.25) is 9.69 Å². The number of nitrogens with zero attached hydrogens (tertiary/aromatic N) is 2. The molecule has 0 bridgehead atoms. The molecule has 19 heavy (non-hydrogen) atoms. The molecular formula is C14H29N3O2. The van der Waals surface area contributed by atoms with Gasteiger partial charge in [-0.1, -0.05) is 0 Å². The number of methoxy groups -OCH3 is 1. The summed E-state index contributed by atoms with van der Waals surface area (Å²) in [5.41, 5.74) is 5.16. The van der Waals surface area contributed by atoms with Crippen LogP contribution in [0.15, 0.2) is 0 Å². The SMILES string of the molecule is COC(=O)C(C)(N)CC(C)N1CCCC(N(C)C)C1. The Bertz CT molecular complexity index is 305. The van der Waals surface area contributed by atoms with Crippen LogP contribution in [-0.2, 0) is 9.53 Å². The lowest BCUT2D eigenvalue weighted by Crippen LogP contribution is -2.54. The molecule has 3 atom stereocenters. The Morgan fingerprint density at radius 1 is 1.58 bits per heavy atom. The molecule has 0 aromatic rings. The monoisotopic (exact) mass is 271 g/mol. The number of piperidine rings is 1. The number of likely N-dealkylation sites (tertiary alicyclic amines) is 1. The second-order valence-corrected chi connectivity index (χ2v) is 6.22. The molecule has 0 amide bonds. The van der Waals surface area contributed by atoms with Gasteiger partial charge in [0.1, 0.15) is 5.54 Å². The minimum Gasteiger partial charge on any atom is -0.468 e. The Morgan fingerprint density at radius 2 is 2.21 bits per heavy atom. The van der Waals surface area contributed by atoms with Crippen molar-refractivity contribution in [1.29, 1.82) is 0 Å². The minimum atomic E-state index is -0.904. The highest BCUT2D eigenvalue weighted by atomic mass is 16.5. The molecule has 1 aliphatic rings. The number of carbonyl (C=O) groups excluding carboxylic acids is 1. The Kier molecular flexibility index (Phi) is 5.77. The van der Waals surface area contributed by atoms with Gasteiger partial charge in [-0.25, -0.2) is 0 Å². The second-order valence-electron chi connectivity index (χ2n) is 6.22. The average molecular weight is 271 g/mol. The minimum absolute atomic E-state index is 0.289. The number of rotatable bonds is 5. The standard InChI is InChI=1S/C14H29N3O2/c1-11(9-14(2,15)13(18)19-5)17-8-6-7-12(10-17)16(3)4/h11-12H,6-10,15H2,1-5H3. The molecule has 5 heteroatoms. The number of carbonyl (C=O) groups is 1. The van der Waals surface area contributed by atoms with E-state index in [1.54, 1.807) is 6.92 Å². The Morgan fingerprint density at radius 3 is 2.74 bits per heavy atom. The Balaban J connectivity index is 2.57. The summed E-state index contributed by atoms with van der Waals surface area (Å²) in [6.07, 6.45) is 3.07. The lowest BCUT2D eigenvalue weighted by molar-refractivity contribution is -0.147. The number of hydrogen-bond acceptors (Lipinski definition) is 5. The molecule has 0 saturated carbocycles. The van der Waals surface area contributed by atoms with E-state index in [0.717, 1.165) is 13.1 Å². The van der Waals surface area contributed by atoms with Crippen LogP contribution < -0.4 is 5.73 Å². The summed E-state index contributed by atoms with van der Waals surface area (Å²) in [6, 6.07) is 0.884. The van der Waals surface area contributed by atoms with E-state index in [2.05, 4.69) is 30.8 Å². The van der Waals surface area contributed by atoms with Crippen molar-refractivity contribution in [2.24, 2.45) is 5.73 Å². The smallest absolute Gasteiger partial charge is 0.325 e. The molecule has 0 aromatic heterocycles. The number of likely N-dealkylation sites (N-methyl/N-ethyl adjacent to an activating group) is 1. The average Bonchev–Trinajstić information content (AvgIpc) is 2.37. The van der Waals surface area contributed by atoms with Crippen LogP contribution in [-0.4, -0.2) is 67.7 Å². The fourth-order valence-corrected chi connectivity index (χ4v) is 2.86. The summed E-state index contributed by atoms with van der Waals surface area (Å²) in [7, 11) is 5.64. The van der Waals surface area contributed by atoms with Gasteiger partial charge >= 0.3 is 5.97 Å². The van der Waals surface area contributed by atoms with Gasteiger partial charge in [-0.15, -0.1) is 0 Å². The zero-order valence-electron chi connectivity index (χ0n) is 13.0. The topological polar surface area (TPSA) is 58.8 Å². The molecule has 0 radical (unpaired) electrons. The van der Waals surface area contributed by atoms with E-state index in [0.29, 0.717) is 12.5 Å². The van der Waals surface area contributed by atoms with Gasteiger partial charge in [0.05, 0.1) is 7.11 Å². The summed E-state index contributed by atoms with van der Waals surface area (Å²) < 4.78 is 4.77. The molecule has 1 rings (SSSR count). The summed E-state index contributed by atoms with van der Waals surface area (Å²) >= 11 is 0. The quantitative estimate of drug-likeness (QED) is 0.745. The number of hydrogen-bond donors (Lipinski definition) is 1. The van der Waals surface area contributed by atoms with Gasteiger partial charge in [0.2, 0.25) is 0 Å². The second kappa shape index (κ2) is 6.68. The molecule has 5 nitrogen and oxygen atoms in total. The normalized spacial score (nSPS) is 25.9. The third-order valence-electron chi connectivity index (χ3n) is 4.15. The number of esters is 1. The molecule has 1 heterocycles. The molecule has 0 aliphatic carbocycles. The molecular weight excluding hydrogens is 242 g/mol. The predicted molar refractivity (Wildman–Crippen MR) is 77.0 cm³/mol. The van der Waals surface area contributed by atoms with Crippen LogP contribution in [0.25, 0.3) is 0 Å². The lowest BCUT2D eigenvalue weighted by Gasteiger charge is -2.41. The highest BCUT2D eigenvalue weighted by Crippen LogP contribution is 2.21. The fraction of sp³-hybridized carbons (Fsp3) is 0.929. The third kappa shape index (κ3) is 4.44. The van der Waals surface area contributed by atoms with Crippen molar-refractivity contribution in [3.63, 3.8) is 0 Å². The maximum absolute atomic E-state index is 11.7. The summed E-state index contributed by atoms with van der Waals surface area (Å²) in [5.74, 6) is -0.333. The van der Waals surface area contributed by atoms with Crippen LogP contribution in [0.4, 0.5) is 0 Å². The molecule has 3 unspecified atom stereocenters. The van der Waals surface area contributed by atoms with Crippen molar-refractivity contribution < 1.29 is 9.53 Å². The molecule has 0 aromatic carbocycles.